The topological polar surface area (TPSA) is 129 Å². The maximum absolute atomic E-state index is 13.4. The molecular formula is C28H32N6O4S. The third kappa shape index (κ3) is 6.51. The molecule has 10 nitrogen and oxygen atoms in total. The number of carbonyl (C=O) groups excluding carboxylic acids is 1. The molecule has 4 rings (SSSR count). The number of aromatic nitrogens is 2. The second-order valence-electron chi connectivity index (χ2n) is 9.82. The molecule has 2 heterocycles. The number of ether oxygens (including phenoxy) is 1. The summed E-state index contributed by atoms with van der Waals surface area (Å²) in [4.78, 5) is 20.3. The number of piperidine rings is 1. The van der Waals surface area contributed by atoms with E-state index in [0.717, 1.165) is 25.8 Å². The van der Waals surface area contributed by atoms with Gasteiger partial charge in [0.2, 0.25) is 0 Å². The van der Waals surface area contributed by atoms with Crippen LogP contribution in [-0.2, 0) is 16.4 Å². The van der Waals surface area contributed by atoms with Crippen LogP contribution in [0.25, 0.3) is 11.0 Å². The van der Waals surface area contributed by atoms with Crippen molar-refractivity contribution in [3.8, 4) is 23.7 Å². The van der Waals surface area contributed by atoms with Crippen molar-refractivity contribution in [1.29, 1.82) is 5.26 Å². The Morgan fingerprint density at radius 2 is 2.08 bits per heavy atom. The van der Waals surface area contributed by atoms with Gasteiger partial charge in [-0.3, -0.25) is 4.79 Å². The average Bonchev–Trinajstić information content (AvgIpc) is 3.30. The monoisotopic (exact) mass is 548 g/mol. The molecule has 1 aliphatic rings. The first-order chi connectivity index (χ1) is 18.6. The van der Waals surface area contributed by atoms with E-state index < -0.39 is 9.84 Å². The summed E-state index contributed by atoms with van der Waals surface area (Å²) in [6.45, 7) is 4.32. The van der Waals surface area contributed by atoms with E-state index in [4.69, 9.17) is 4.74 Å². The predicted molar refractivity (Wildman–Crippen MR) is 149 cm³/mol. The summed E-state index contributed by atoms with van der Waals surface area (Å²) < 4.78 is 30.7. The third-order valence-electron chi connectivity index (χ3n) is 6.84. The van der Waals surface area contributed by atoms with E-state index >= 15 is 0 Å². The van der Waals surface area contributed by atoms with E-state index in [1.807, 2.05) is 6.07 Å². The minimum atomic E-state index is -3.36. The zero-order chi connectivity index (χ0) is 28.2. The summed E-state index contributed by atoms with van der Waals surface area (Å²) in [6.07, 6.45) is 3.58. The number of sulfone groups is 1. The summed E-state index contributed by atoms with van der Waals surface area (Å²) in [5.41, 5.74) is 2.84. The Bertz CT molecular complexity index is 1600. The summed E-state index contributed by atoms with van der Waals surface area (Å²) in [5, 5.41) is 15.6. The first-order valence-corrected chi connectivity index (χ1v) is 14.5. The molecular weight excluding hydrogens is 516 g/mol. The maximum Gasteiger partial charge on any atom is 0.253 e. The quantitative estimate of drug-likeness (QED) is 0.431. The number of nitriles is 1. The van der Waals surface area contributed by atoms with Crippen molar-refractivity contribution in [2.24, 2.45) is 5.92 Å². The van der Waals surface area contributed by atoms with Gasteiger partial charge in [0, 0.05) is 30.5 Å². The van der Waals surface area contributed by atoms with Gasteiger partial charge in [0.15, 0.2) is 9.84 Å². The Kier molecular flexibility index (Phi) is 8.44. The highest BCUT2D eigenvalue weighted by molar-refractivity contribution is 7.90. The molecule has 39 heavy (non-hydrogen) atoms. The number of benzene rings is 2. The number of hydrogen-bond donors (Lipinski definition) is 2. The van der Waals surface area contributed by atoms with E-state index in [-0.39, 0.29) is 29.9 Å². The number of rotatable bonds is 7. The molecule has 0 aliphatic carbocycles. The van der Waals surface area contributed by atoms with Crippen molar-refractivity contribution in [3.05, 3.63) is 47.8 Å². The predicted octanol–water partition coefficient (Wildman–Crippen LogP) is 2.51. The van der Waals surface area contributed by atoms with Gasteiger partial charge in [0.25, 0.3) is 5.91 Å². The van der Waals surface area contributed by atoms with Crippen LogP contribution < -0.4 is 15.4 Å². The lowest BCUT2D eigenvalue weighted by Gasteiger charge is -2.35. The van der Waals surface area contributed by atoms with Gasteiger partial charge >= 0.3 is 0 Å². The standard InChI is InChI=1S/C28H32N6O4S/c1-19-17-33(2)12-9-23(19)32-28(35)22-14-20(15-25-27(22)31-18-34(25)13-10-29)6-5-11-30-24-8-7-21(39(4,36)37)16-26(24)38-3/h7-8,14-16,18-19,23,30H,9,11-13,17H2,1-4H3,(H,32,35)/t19-,23-/m0/s1. The van der Waals surface area contributed by atoms with Gasteiger partial charge in [0.05, 0.1) is 47.7 Å². The number of nitrogens with one attached hydrogen (secondary N) is 2. The summed E-state index contributed by atoms with van der Waals surface area (Å²) >= 11 is 0. The molecule has 204 valence electrons. The fraction of sp³-hybridized carbons (Fsp3) is 0.393. The van der Waals surface area contributed by atoms with Gasteiger partial charge in [-0.25, -0.2) is 13.4 Å². The zero-order valence-corrected chi connectivity index (χ0v) is 23.3. The molecule has 1 saturated heterocycles. The number of anilines is 1. The normalized spacial score (nSPS) is 17.6. The van der Waals surface area contributed by atoms with Crippen molar-refractivity contribution < 1.29 is 17.9 Å². The van der Waals surface area contributed by atoms with Gasteiger partial charge < -0.3 is 24.8 Å². The molecule has 0 bridgehead atoms. The molecule has 11 heteroatoms. The van der Waals surface area contributed by atoms with Crippen LogP contribution in [0.15, 0.2) is 41.6 Å². The van der Waals surface area contributed by atoms with Crippen molar-refractivity contribution in [2.75, 3.05) is 45.4 Å². The minimum absolute atomic E-state index is 0.0629. The Labute approximate surface area is 228 Å². The Balaban J connectivity index is 1.58. The number of amides is 1. The molecule has 1 aliphatic heterocycles. The van der Waals surface area contributed by atoms with Crippen LogP contribution in [0.3, 0.4) is 0 Å². The fourth-order valence-electron chi connectivity index (χ4n) is 4.76. The number of fused-ring (bicyclic) bond motifs is 1. The summed E-state index contributed by atoms with van der Waals surface area (Å²) in [6, 6.07) is 10.3. The minimum Gasteiger partial charge on any atom is -0.495 e. The average molecular weight is 549 g/mol. The highest BCUT2D eigenvalue weighted by Gasteiger charge is 2.27. The molecule has 0 unspecified atom stereocenters. The molecule has 2 N–H and O–H groups in total. The van der Waals surface area contributed by atoms with Crippen molar-refractivity contribution in [1.82, 2.24) is 19.8 Å². The molecule has 0 spiro atoms. The van der Waals surface area contributed by atoms with Gasteiger partial charge in [-0.05, 0) is 50.2 Å². The Morgan fingerprint density at radius 1 is 1.28 bits per heavy atom. The molecule has 1 aromatic heterocycles. The Morgan fingerprint density at radius 3 is 2.77 bits per heavy atom. The first-order valence-electron chi connectivity index (χ1n) is 12.6. The summed E-state index contributed by atoms with van der Waals surface area (Å²) in [5.74, 6) is 6.64. The van der Waals surface area contributed by atoms with Gasteiger partial charge in [-0.1, -0.05) is 18.8 Å². The highest BCUT2D eigenvalue weighted by atomic mass is 32.2. The Hall–Kier alpha value is -4.06. The number of methoxy groups -OCH3 is 1. The lowest BCUT2D eigenvalue weighted by atomic mass is 9.93. The molecule has 0 radical (unpaired) electrons. The van der Waals surface area contributed by atoms with E-state index in [0.29, 0.717) is 39.5 Å². The van der Waals surface area contributed by atoms with Gasteiger partial charge in [0.1, 0.15) is 17.8 Å². The van der Waals surface area contributed by atoms with Crippen LogP contribution in [0.1, 0.15) is 29.3 Å². The number of carbonyl (C=O) groups is 1. The third-order valence-corrected chi connectivity index (χ3v) is 7.95. The highest BCUT2D eigenvalue weighted by Crippen LogP contribution is 2.27. The van der Waals surface area contributed by atoms with Crippen LogP contribution in [0.4, 0.5) is 5.69 Å². The molecule has 3 aromatic rings. The molecule has 2 atom stereocenters. The smallest absolute Gasteiger partial charge is 0.253 e. The number of nitrogens with zero attached hydrogens (tertiary/aromatic N) is 4. The van der Waals surface area contributed by atoms with E-state index in [9.17, 15) is 18.5 Å². The number of likely N-dealkylation sites (tertiary alicyclic amines) is 1. The number of imidazole rings is 1. The van der Waals surface area contributed by atoms with Crippen LogP contribution in [0, 0.1) is 29.1 Å². The van der Waals surface area contributed by atoms with Crippen molar-refractivity contribution in [2.45, 2.75) is 30.8 Å². The second-order valence-corrected chi connectivity index (χ2v) is 11.8. The molecule has 1 fully saturated rings. The maximum atomic E-state index is 13.4. The molecule has 1 amide bonds. The van der Waals surface area contributed by atoms with Crippen LogP contribution >= 0.6 is 0 Å². The lowest BCUT2D eigenvalue weighted by molar-refractivity contribution is 0.0885. The molecule has 0 saturated carbocycles. The van der Waals surface area contributed by atoms with Gasteiger partial charge in [-0.2, -0.15) is 5.26 Å². The first kappa shape index (κ1) is 28.0. The summed E-state index contributed by atoms with van der Waals surface area (Å²) in [7, 11) is 0.192. The fourth-order valence-corrected chi connectivity index (χ4v) is 5.40. The van der Waals surface area contributed by atoms with Gasteiger partial charge in [-0.15, -0.1) is 0 Å². The van der Waals surface area contributed by atoms with Crippen LogP contribution in [0.5, 0.6) is 5.75 Å². The van der Waals surface area contributed by atoms with Crippen LogP contribution in [-0.4, -0.2) is 74.9 Å². The van der Waals surface area contributed by atoms with Crippen LogP contribution in [0.2, 0.25) is 0 Å². The largest absolute Gasteiger partial charge is 0.495 e. The lowest BCUT2D eigenvalue weighted by Crippen LogP contribution is -2.48. The van der Waals surface area contributed by atoms with E-state index in [2.05, 4.69) is 52.4 Å². The SMILES string of the molecule is COc1cc(S(C)(=O)=O)ccc1NCC#Cc1cc(C(=O)N[C@H]2CCN(C)C[C@@H]2C)c2ncn(CC#N)c2c1. The van der Waals surface area contributed by atoms with E-state index in [1.165, 1.54) is 19.2 Å². The van der Waals surface area contributed by atoms with E-state index in [1.54, 1.807) is 23.0 Å². The van der Waals surface area contributed by atoms with Crippen molar-refractivity contribution in [3.63, 3.8) is 0 Å². The van der Waals surface area contributed by atoms with Crippen molar-refractivity contribution >= 4 is 32.5 Å². The molecule has 2 aromatic carbocycles. The second kappa shape index (κ2) is 11.8. The zero-order valence-electron chi connectivity index (χ0n) is 22.5. The number of hydrogen-bond acceptors (Lipinski definition) is 8.